The van der Waals surface area contributed by atoms with Gasteiger partial charge in [-0.2, -0.15) is 0 Å². The van der Waals surface area contributed by atoms with Gasteiger partial charge < -0.3 is 14.7 Å². The molecule has 2 aromatic rings. The second-order valence-corrected chi connectivity index (χ2v) is 7.59. The Labute approximate surface area is 167 Å². The molecule has 0 bridgehead atoms. The predicted molar refractivity (Wildman–Crippen MR) is 105 cm³/mol. The highest BCUT2D eigenvalue weighted by molar-refractivity contribution is 9.10. The van der Waals surface area contributed by atoms with E-state index in [0.29, 0.717) is 18.5 Å². The van der Waals surface area contributed by atoms with E-state index < -0.39 is 11.7 Å². The van der Waals surface area contributed by atoms with Gasteiger partial charge in [-0.3, -0.25) is 0 Å². The third kappa shape index (κ3) is 4.01. The fraction of sp³-hybridized carbons (Fsp3) is 0.381. The number of aliphatic hydroxyl groups is 1. The second-order valence-electron chi connectivity index (χ2n) is 6.73. The summed E-state index contributed by atoms with van der Waals surface area (Å²) in [6, 6.07) is 13.7. The number of aliphatic hydroxyl groups excluding tert-OH is 1. The van der Waals surface area contributed by atoms with E-state index in [1.54, 1.807) is 17.0 Å². The molecule has 0 aromatic heterocycles. The van der Waals surface area contributed by atoms with Crippen LogP contribution < -0.4 is 0 Å². The number of cyclic esters (lactones) is 1. The number of carbonyl (C=O) groups excluding carboxylic acids is 1. The third-order valence-corrected chi connectivity index (χ3v) is 5.91. The summed E-state index contributed by atoms with van der Waals surface area (Å²) in [6.45, 7) is 2.41. The molecule has 1 aliphatic rings. The molecule has 1 amide bonds. The first-order valence-electron chi connectivity index (χ1n) is 9.11. The van der Waals surface area contributed by atoms with Crippen molar-refractivity contribution in [3.05, 3.63) is 69.9 Å². The summed E-state index contributed by atoms with van der Waals surface area (Å²) in [5, 5.41) is 9.54. The van der Waals surface area contributed by atoms with Gasteiger partial charge in [0.1, 0.15) is 11.4 Å². The standard InChI is InChI=1S/C21H23BrFNO3/c1-2-19(17-5-3-4-6-18(17)22)24-13-11-21(12-14-25,27-20(24)26)15-7-9-16(23)10-8-15/h3-10,19,25H,2,11-14H2,1H3/t19-,21+/m0/s1. The van der Waals surface area contributed by atoms with Gasteiger partial charge in [0, 0.05) is 30.5 Å². The maximum absolute atomic E-state index is 13.3. The van der Waals surface area contributed by atoms with Gasteiger partial charge in [0.2, 0.25) is 0 Å². The molecular weight excluding hydrogens is 413 g/mol. The van der Waals surface area contributed by atoms with Crippen molar-refractivity contribution in [2.24, 2.45) is 0 Å². The van der Waals surface area contributed by atoms with Crippen molar-refractivity contribution in [2.45, 2.75) is 37.8 Å². The van der Waals surface area contributed by atoms with Crippen LogP contribution in [0.1, 0.15) is 43.4 Å². The van der Waals surface area contributed by atoms with Crippen LogP contribution in [0.15, 0.2) is 53.0 Å². The maximum Gasteiger partial charge on any atom is 0.411 e. The topological polar surface area (TPSA) is 49.8 Å². The first-order valence-corrected chi connectivity index (χ1v) is 9.91. The van der Waals surface area contributed by atoms with Gasteiger partial charge in [-0.25, -0.2) is 9.18 Å². The highest BCUT2D eigenvalue weighted by atomic mass is 79.9. The van der Waals surface area contributed by atoms with Crippen LogP contribution in [-0.4, -0.2) is 29.3 Å². The number of carbonyl (C=O) groups is 1. The Morgan fingerprint density at radius 3 is 2.56 bits per heavy atom. The van der Waals surface area contributed by atoms with Crippen molar-refractivity contribution in [1.82, 2.24) is 4.90 Å². The summed E-state index contributed by atoms with van der Waals surface area (Å²) in [7, 11) is 0. The van der Waals surface area contributed by atoms with Gasteiger partial charge in [0.25, 0.3) is 0 Å². The number of benzene rings is 2. The molecular formula is C21H23BrFNO3. The minimum atomic E-state index is -0.928. The van der Waals surface area contributed by atoms with Crippen LogP contribution in [0.4, 0.5) is 9.18 Å². The number of rotatable bonds is 6. The van der Waals surface area contributed by atoms with Gasteiger partial charge in [0.05, 0.1) is 6.04 Å². The van der Waals surface area contributed by atoms with Crippen LogP contribution in [0.25, 0.3) is 0 Å². The van der Waals surface area contributed by atoms with Gasteiger partial charge >= 0.3 is 6.09 Å². The molecule has 1 N–H and O–H groups in total. The summed E-state index contributed by atoms with van der Waals surface area (Å²) in [6.07, 6.45) is 1.15. The van der Waals surface area contributed by atoms with Crippen LogP contribution in [0.2, 0.25) is 0 Å². The average molecular weight is 436 g/mol. The van der Waals surface area contributed by atoms with Crippen LogP contribution in [0.3, 0.4) is 0 Å². The summed E-state index contributed by atoms with van der Waals surface area (Å²) in [4.78, 5) is 14.7. The van der Waals surface area contributed by atoms with E-state index >= 15 is 0 Å². The number of hydrogen-bond donors (Lipinski definition) is 1. The van der Waals surface area contributed by atoms with E-state index in [0.717, 1.165) is 16.5 Å². The van der Waals surface area contributed by atoms with Crippen LogP contribution in [0.5, 0.6) is 0 Å². The minimum Gasteiger partial charge on any atom is -0.438 e. The van der Waals surface area contributed by atoms with Crippen molar-refractivity contribution < 1.29 is 19.0 Å². The Morgan fingerprint density at radius 2 is 1.96 bits per heavy atom. The molecule has 2 aromatic carbocycles. The lowest BCUT2D eigenvalue weighted by Crippen LogP contribution is -2.49. The quantitative estimate of drug-likeness (QED) is 0.681. The summed E-state index contributed by atoms with van der Waals surface area (Å²) in [5.74, 6) is -0.346. The van der Waals surface area contributed by atoms with Crippen molar-refractivity contribution in [3.8, 4) is 0 Å². The molecule has 0 spiro atoms. The van der Waals surface area contributed by atoms with Crippen LogP contribution in [0, 0.1) is 5.82 Å². The Morgan fingerprint density at radius 1 is 1.26 bits per heavy atom. The summed E-state index contributed by atoms with van der Waals surface area (Å²) in [5.41, 5.74) is 0.815. The second kappa shape index (κ2) is 8.40. The molecule has 6 heteroatoms. The van der Waals surface area contributed by atoms with Crippen molar-refractivity contribution >= 4 is 22.0 Å². The first kappa shape index (κ1) is 19.8. The SMILES string of the molecule is CC[C@@H](c1ccccc1Br)N1CC[C@@](CCO)(c2ccc(F)cc2)OC1=O. The smallest absolute Gasteiger partial charge is 0.411 e. The zero-order chi connectivity index (χ0) is 19.4. The Hall–Kier alpha value is -1.92. The number of nitrogens with zero attached hydrogens (tertiary/aromatic N) is 1. The van der Waals surface area contributed by atoms with Gasteiger partial charge in [0.15, 0.2) is 0 Å². The molecule has 3 rings (SSSR count). The highest BCUT2D eigenvalue weighted by Gasteiger charge is 2.43. The normalized spacial score (nSPS) is 21.0. The minimum absolute atomic E-state index is 0.103. The zero-order valence-corrected chi connectivity index (χ0v) is 16.8. The summed E-state index contributed by atoms with van der Waals surface area (Å²) >= 11 is 3.57. The molecule has 0 aliphatic carbocycles. The van der Waals surface area contributed by atoms with Crippen LogP contribution in [-0.2, 0) is 10.3 Å². The molecule has 1 aliphatic heterocycles. The van der Waals surface area contributed by atoms with Crippen LogP contribution >= 0.6 is 15.9 Å². The maximum atomic E-state index is 13.3. The number of hydrogen-bond acceptors (Lipinski definition) is 3. The van der Waals surface area contributed by atoms with Crippen molar-refractivity contribution in [1.29, 1.82) is 0 Å². The number of ether oxygens (including phenoxy) is 1. The predicted octanol–water partition coefficient (Wildman–Crippen LogP) is 5.16. The third-order valence-electron chi connectivity index (χ3n) is 5.19. The monoisotopic (exact) mass is 435 g/mol. The molecule has 0 radical (unpaired) electrons. The number of halogens is 2. The average Bonchev–Trinajstić information content (AvgIpc) is 2.66. The van der Waals surface area contributed by atoms with E-state index in [4.69, 9.17) is 4.74 Å². The lowest BCUT2D eigenvalue weighted by atomic mass is 9.85. The van der Waals surface area contributed by atoms with E-state index in [1.165, 1.54) is 12.1 Å². The Kier molecular flexibility index (Phi) is 6.17. The fourth-order valence-electron chi connectivity index (χ4n) is 3.76. The van der Waals surface area contributed by atoms with E-state index in [9.17, 15) is 14.3 Å². The van der Waals surface area contributed by atoms with E-state index in [2.05, 4.69) is 15.9 Å². The molecule has 1 heterocycles. The molecule has 1 fully saturated rings. The van der Waals surface area contributed by atoms with Crippen molar-refractivity contribution in [3.63, 3.8) is 0 Å². The molecule has 144 valence electrons. The Balaban J connectivity index is 1.87. The molecule has 27 heavy (non-hydrogen) atoms. The largest absolute Gasteiger partial charge is 0.438 e. The van der Waals surface area contributed by atoms with E-state index in [1.807, 2.05) is 31.2 Å². The zero-order valence-electron chi connectivity index (χ0n) is 15.2. The Bertz CT molecular complexity index is 798. The summed E-state index contributed by atoms with van der Waals surface area (Å²) < 4.78 is 20.2. The first-order chi connectivity index (χ1) is 13.0. The van der Waals surface area contributed by atoms with E-state index in [-0.39, 0.29) is 24.9 Å². The lowest BCUT2D eigenvalue weighted by Gasteiger charge is -2.44. The molecule has 0 unspecified atom stereocenters. The lowest BCUT2D eigenvalue weighted by molar-refractivity contribution is -0.0735. The van der Waals surface area contributed by atoms with Gasteiger partial charge in [-0.15, -0.1) is 0 Å². The van der Waals surface area contributed by atoms with Crippen molar-refractivity contribution in [2.75, 3.05) is 13.2 Å². The molecule has 1 saturated heterocycles. The molecule has 0 saturated carbocycles. The highest BCUT2D eigenvalue weighted by Crippen LogP contribution is 2.41. The molecule has 2 atom stereocenters. The van der Waals surface area contributed by atoms with Gasteiger partial charge in [-0.05, 0) is 35.7 Å². The number of amides is 1. The van der Waals surface area contributed by atoms with Gasteiger partial charge in [-0.1, -0.05) is 53.2 Å². The molecule has 4 nitrogen and oxygen atoms in total. The fourth-order valence-corrected chi connectivity index (χ4v) is 4.31.